The molecule has 0 spiro atoms. The molecule has 0 aliphatic carbocycles. The lowest BCUT2D eigenvalue weighted by molar-refractivity contribution is -0.119. The van der Waals surface area contributed by atoms with Crippen molar-refractivity contribution in [1.82, 2.24) is 4.90 Å². The van der Waals surface area contributed by atoms with Crippen molar-refractivity contribution in [1.29, 1.82) is 0 Å². The largest absolute Gasteiger partial charge is 0.370 e. The minimum atomic E-state index is -0.422. The third kappa shape index (κ3) is 3.65. The highest BCUT2D eigenvalue weighted by atomic mass is 16.1. The lowest BCUT2D eigenvalue weighted by Crippen LogP contribution is -2.22. The van der Waals surface area contributed by atoms with Gasteiger partial charge in [0, 0.05) is 13.0 Å². The third-order valence-corrected chi connectivity index (χ3v) is 0.986. The van der Waals surface area contributed by atoms with E-state index >= 15 is 0 Å². The smallest absolute Gasteiger partial charge is 0.219 e. The second-order valence-electron chi connectivity index (χ2n) is 1.74. The Morgan fingerprint density at radius 3 is 2.60 bits per heavy atom. The summed E-state index contributed by atoms with van der Waals surface area (Å²) in [6.07, 6.45) is 2.11. The summed E-state index contributed by atoms with van der Waals surface area (Å²) in [4.78, 5) is 21.5. The Bertz CT molecular complexity index is 137. The third-order valence-electron chi connectivity index (χ3n) is 0.986. The normalized spacial score (nSPS) is 8.40. The van der Waals surface area contributed by atoms with E-state index in [4.69, 9.17) is 5.73 Å². The van der Waals surface area contributed by atoms with Crippen LogP contribution in [-0.2, 0) is 9.59 Å². The van der Waals surface area contributed by atoms with E-state index in [9.17, 15) is 9.59 Å². The molecule has 10 heavy (non-hydrogen) atoms. The molecule has 4 nitrogen and oxygen atoms in total. The lowest BCUT2D eigenvalue weighted by atomic mass is 10.4. The molecule has 0 rings (SSSR count). The number of nitrogens with zero attached hydrogens (tertiary/aromatic N) is 1. The van der Waals surface area contributed by atoms with Gasteiger partial charge in [-0.15, -0.1) is 0 Å². The van der Waals surface area contributed by atoms with Crippen molar-refractivity contribution in [2.24, 2.45) is 5.73 Å². The fraction of sp³-hybridized carbons (Fsp3) is 0.333. The van der Waals surface area contributed by atoms with Gasteiger partial charge in [-0.3, -0.25) is 9.59 Å². The zero-order valence-corrected chi connectivity index (χ0v) is 5.62. The molecule has 0 radical (unpaired) electrons. The molecule has 0 atom stereocenters. The first kappa shape index (κ1) is 8.68. The molecule has 0 fully saturated rings. The second kappa shape index (κ2) is 4.55. The molecule has 0 aliphatic heterocycles. The number of primary amides is 1. The summed E-state index contributed by atoms with van der Waals surface area (Å²) in [6, 6.07) is 0. The molecule has 56 valence electrons. The van der Waals surface area contributed by atoms with Crippen LogP contribution in [0.4, 0.5) is 0 Å². The predicted octanol–water partition coefficient (Wildman–Crippen LogP) is -0.536. The number of carbonyl (C=O) groups is 2. The Morgan fingerprint density at radius 1 is 1.70 bits per heavy atom. The van der Waals surface area contributed by atoms with Gasteiger partial charge in [-0.1, -0.05) is 6.58 Å². The molecule has 0 heterocycles. The van der Waals surface area contributed by atoms with E-state index < -0.39 is 5.91 Å². The topological polar surface area (TPSA) is 63.4 Å². The van der Waals surface area contributed by atoms with Crippen LogP contribution in [0.15, 0.2) is 12.8 Å². The van der Waals surface area contributed by atoms with Crippen LogP contribution in [0.3, 0.4) is 0 Å². The van der Waals surface area contributed by atoms with Crippen molar-refractivity contribution in [3.05, 3.63) is 12.8 Å². The highest BCUT2D eigenvalue weighted by molar-refractivity contribution is 5.74. The Balaban J connectivity index is 3.54. The van der Waals surface area contributed by atoms with Crippen LogP contribution in [-0.4, -0.2) is 23.8 Å². The maximum absolute atomic E-state index is 10.2. The highest BCUT2D eigenvalue weighted by Crippen LogP contribution is 1.85. The summed E-state index contributed by atoms with van der Waals surface area (Å²) in [7, 11) is 0. The average molecular weight is 142 g/mol. The van der Waals surface area contributed by atoms with Gasteiger partial charge in [0.25, 0.3) is 0 Å². The van der Waals surface area contributed by atoms with Gasteiger partial charge >= 0.3 is 0 Å². The molecule has 0 unspecified atom stereocenters. The van der Waals surface area contributed by atoms with Crippen LogP contribution in [0.25, 0.3) is 0 Å². The Morgan fingerprint density at radius 2 is 2.30 bits per heavy atom. The first-order valence-corrected chi connectivity index (χ1v) is 2.82. The van der Waals surface area contributed by atoms with Gasteiger partial charge < -0.3 is 10.6 Å². The van der Waals surface area contributed by atoms with Crippen LogP contribution in [0.5, 0.6) is 0 Å². The summed E-state index contributed by atoms with van der Waals surface area (Å²) in [5.41, 5.74) is 4.83. The number of nitrogens with two attached hydrogens (primary N) is 1. The molecule has 0 bridgehead atoms. The van der Waals surface area contributed by atoms with Crippen LogP contribution >= 0.6 is 0 Å². The molecule has 0 aromatic rings. The van der Waals surface area contributed by atoms with E-state index in [1.54, 1.807) is 0 Å². The van der Waals surface area contributed by atoms with E-state index in [0.29, 0.717) is 13.0 Å². The van der Waals surface area contributed by atoms with Crippen LogP contribution < -0.4 is 5.73 Å². The van der Waals surface area contributed by atoms with E-state index in [2.05, 4.69) is 6.58 Å². The summed E-state index contributed by atoms with van der Waals surface area (Å²) < 4.78 is 0. The van der Waals surface area contributed by atoms with Gasteiger partial charge in [0.05, 0.1) is 0 Å². The van der Waals surface area contributed by atoms with E-state index in [1.165, 1.54) is 11.1 Å². The van der Waals surface area contributed by atoms with E-state index in [1.807, 2.05) is 0 Å². The van der Waals surface area contributed by atoms with Crippen molar-refractivity contribution in [2.75, 3.05) is 6.54 Å². The van der Waals surface area contributed by atoms with Gasteiger partial charge in [0.1, 0.15) is 0 Å². The fourth-order valence-corrected chi connectivity index (χ4v) is 0.426. The molecule has 2 N–H and O–H groups in total. The average Bonchev–Trinajstić information content (AvgIpc) is 1.90. The van der Waals surface area contributed by atoms with Crippen molar-refractivity contribution < 1.29 is 9.59 Å². The number of carbonyl (C=O) groups excluding carboxylic acids is 2. The Labute approximate surface area is 59.3 Å². The van der Waals surface area contributed by atoms with Gasteiger partial charge in [-0.25, -0.2) is 0 Å². The maximum Gasteiger partial charge on any atom is 0.219 e. The minimum absolute atomic E-state index is 0.171. The molecule has 0 saturated carbocycles. The first-order valence-electron chi connectivity index (χ1n) is 2.82. The predicted molar refractivity (Wildman–Crippen MR) is 36.8 cm³/mol. The number of amides is 2. The van der Waals surface area contributed by atoms with Gasteiger partial charge in [0.15, 0.2) is 0 Å². The quantitative estimate of drug-likeness (QED) is 0.524. The summed E-state index contributed by atoms with van der Waals surface area (Å²) in [6.45, 7) is 3.66. The molecule has 0 saturated heterocycles. The molecular formula is C6H10N2O2. The van der Waals surface area contributed by atoms with E-state index in [0.717, 1.165) is 0 Å². The number of hydrogen-bond acceptors (Lipinski definition) is 2. The summed E-state index contributed by atoms with van der Waals surface area (Å²) in [5, 5.41) is 0. The second-order valence-corrected chi connectivity index (χ2v) is 1.74. The summed E-state index contributed by atoms with van der Waals surface area (Å²) in [5.74, 6) is -0.422. The van der Waals surface area contributed by atoms with Crippen LogP contribution in [0.2, 0.25) is 0 Å². The summed E-state index contributed by atoms with van der Waals surface area (Å²) >= 11 is 0. The van der Waals surface area contributed by atoms with Gasteiger partial charge in [-0.05, 0) is 6.20 Å². The Hall–Kier alpha value is -1.32. The maximum atomic E-state index is 10.2. The SMILES string of the molecule is C=CN(C=O)CCC(N)=O. The molecule has 0 aromatic carbocycles. The molecule has 2 amide bonds. The first-order chi connectivity index (χ1) is 4.70. The van der Waals surface area contributed by atoms with Crippen molar-refractivity contribution in [3.8, 4) is 0 Å². The van der Waals surface area contributed by atoms with Crippen molar-refractivity contribution in [3.63, 3.8) is 0 Å². The minimum Gasteiger partial charge on any atom is -0.370 e. The molecule has 0 aliphatic rings. The molecular weight excluding hydrogens is 132 g/mol. The standard InChI is InChI=1S/C6H10N2O2/c1-2-8(5-9)4-3-6(7)10/h2,5H,1,3-4H2,(H2,7,10). The van der Waals surface area contributed by atoms with Crippen LogP contribution in [0, 0.1) is 0 Å². The van der Waals surface area contributed by atoms with Crippen molar-refractivity contribution in [2.45, 2.75) is 6.42 Å². The monoisotopic (exact) mass is 142 g/mol. The van der Waals surface area contributed by atoms with Crippen LogP contribution in [0.1, 0.15) is 6.42 Å². The zero-order valence-electron chi connectivity index (χ0n) is 5.62. The number of rotatable bonds is 5. The molecule has 4 heteroatoms. The zero-order chi connectivity index (χ0) is 7.98. The van der Waals surface area contributed by atoms with Gasteiger partial charge in [-0.2, -0.15) is 0 Å². The van der Waals surface area contributed by atoms with Gasteiger partial charge in [0.2, 0.25) is 12.3 Å². The Kier molecular flexibility index (Phi) is 3.95. The highest BCUT2D eigenvalue weighted by Gasteiger charge is 1.97. The van der Waals surface area contributed by atoms with E-state index in [-0.39, 0.29) is 6.42 Å². The van der Waals surface area contributed by atoms with Crippen molar-refractivity contribution >= 4 is 12.3 Å². The molecule has 0 aromatic heterocycles. The lowest BCUT2D eigenvalue weighted by Gasteiger charge is -2.08. The number of hydrogen-bond donors (Lipinski definition) is 1. The fourth-order valence-electron chi connectivity index (χ4n) is 0.426.